The van der Waals surface area contributed by atoms with E-state index in [1.54, 1.807) is 6.26 Å². The number of hydrogen-bond donors (Lipinski definition) is 1. The molecule has 2 rings (SSSR count). The van der Waals surface area contributed by atoms with E-state index in [0.29, 0.717) is 0 Å². The van der Waals surface area contributed by atoms with Crippen LogP contribution >= 0.6 is 0 Å². The van der Waals surface area contributed by atoms with Crippen molar-refractivity contribution in [1.82, 2.24) is 5.32 Å². The van der Waals surface area contributed by atoms with Crippen LogP contribution in [-0.4, -0.2) is 11.9 Å². The summed E-state index contributed by atoms with van der Waals surface area (Å²) in [6.07, 6.45) is 6.94. The van der Waals surface area contributed by atoms with Crippen LogP contribution in [0.4, 0.5) is 0 Å². The van der Waals surface area contributed by atoms with Gasteiger partial charge in [0, 0.05) is 18.4 Å². The summed E-state index contributed by atoms with van der Waals surface area (Å²) in [7, 11) is 0. The number of hydrogen-bond acceptors (Lipinski definition) is 2. The van der Waals surface area contributed by atoms with Crippen LogP contribution in [0.2, 0.25) is 0 Å². The number of amides is 1. The van der Waals surface area contributed by atoms with E-state index in [9.17, 15) is 4.79 Å². The molecule has 1 heterocycles. The van der Waals surface area contributed by atoms with Crippen molar-refractivity contribution >= 4 is 5.91 Å². The highest BCUT2D eigenvalue weighted by atomic mass is 16.3. The molecular formula is C13H19NO2. The first-order valence-electron chi connectivity index (χ1n) is 6.08. The maximum absolute atomic E-state index is 11.8. The minimum Gasteiger partial charge on any atom is -0.469 e. The predicted molar refractivity (Wildman–Crippen MR) is 62.0 cm³/mol. The topological polar surface area (TPSA) is 42.2 Å². The zero-order valence-corrected chi connectivity index (χ0v) is 9.74. The third kappa shape index (κ3) is 2.87. The Bertz CT molecular complexity index is 326. The Morgan fingerprint density at radius 3 is 2.94 bits per heavy atom. The molecule has 0 radical (unpaired) electrons. The highest BCUT2D eigenvalue weighted by Gasteiger charge is 2.23. The average Bonchev–Trinajstić information content (AvgIpc) is 2.88. The monoisotopic (exact) mass is 221 g/mol. The lowest BCUT2D eigenvalue weighted by molar-refractivity contribution is -0.125. The van der Waals surface area contributed by atoms with Crippen LogP contribution in [0.15, 0.2) is 22.8 Å². The van der Waals surface area contributed by atoms with E-state index >= 15 is 0 Å². The van der Waals surface area contributed by atoms with Crippen molar-refractivity contribution in [2.45, 2.75) is 45.1 Å². The van der Waals surface area contributed by atoms with Crippen molar-refractivity contribution in [3.63, 3.8) is 0 Å². The summed E-state index contributed by atoms with van der Waals surface area (Å²) in [6.45, 7) is 2.02. The standard InChI is InChI=1S/C13H19NO2/c1-10(9-12-7-4-8-16-12)14-13(15)11-5-2-3-6-11/h4,7-8,10-11H,2-3,5-6,9H2,1H3,(H,14,15). The molecule has 0 aromatic carbocycles. The molecule has 1 atom stereocenters. The molecule has 0 bridgehead atoms. The molecule has 16 heavy (non-hydrogen) atoms. The smallest absolute Gasteiger partial charge is 0.223 e. The highest BCUT2D eigenvalue weighted by molar-refractivity contribution is 5.79. The van der Waals surface area contributed by atoms with Gasteiger partial charge in [0.15, 0.2) is 0 Å². The lowest BCUT2D eigenvalue weighted by Gasteiger charge is -2.15. The molecule has 1 unspecified atom stereocenters. The van der Waals surface area contributed by atoms with E-state index < -0.39 is 0 Å². The first kappa shape index (κ1) is 11.2. The molecule has 88 valence electrons. The fourth-order valence-electron chi connectivity index (χ4n) is 2.33. The quantitative estimate of drug-likeness (QED) is 0.848. The van der Waals surface area contributed by atoms with Gasteiger partial charge in [0.25, 0.3) is 0 Å². The van der Waals surface area contributed by atoms with Crippen molar-refractivity contribution in [2.75, 3.05) is 0 Å². The first-order chi connectivity index (χ1) is 7.75. The van der Waals surface area contributed by atoms with E-state index in [4.69, 9.17) is 4.42 Å². The van der Waals surface area contributed by atoms with Gasteiger partial charge in [-0.15, -0.1) is 0 Å². The summed E-state index contributed by atoms with van der Waals surface area (Å²) in [5, 5.41) is 3.06. The Kier molecular flexibility index (Phi) is 3.65. The van der Waals surface area contributed by atoms with Crippen LogP contribution in [0.1, 0.15) is 38.4 Å². The summed E-state index contributed by atoms with van der Waals surface area (Å²) >= 11 is 0. The van der Waals surface area contributed by atoms with E-state index in [2.05, 4.69) is 5.32 Å². The summed E-state index contributed by atoms with van der Waals surface area (Å²) in [6, 6.07) is 3.97. The average molecular weight is 221 g/mol. The maximum atomic E-state index is 11.8. The van der Waals surface area contributed by atoms with Crippen molar-refractivity contribution in [1.29, 1.82) is 0 Å². The minimum atomic E-state index is 0.152. The van der Waals surface area contributed by atoms with Crippen LogP contribution in [0, 0.1) is 5.92 Å². The van der Waals surface area contributed by atoms with Gasteiger partial charge in [0.1, 0.15) is 5.76 Å². The van der Waals surface area contributed by atoms with E-state index in [1.165, 1.54) is 12.8 Å². The Balaban J connectivity index is 1.78. The van der Waals surface area contributed by atoms with Crippen molar-refractivity contribution in [3.05, 3.63) is 24.2 Å². The molecule has 0 saturated heterocycles. The molecule has 1 amide bonds. The van der Waals surface area contributed by atoms with Crippen LogP contribution in [0.3, 0.4) is 0 Å². The number of furan rings is 1. The Morgan fingerprint density at radius 2 is 2.31 bits per heavy atom. The third-order valence-electron chi connectivity index (χ3n) is 3.20. The van der Waals surface area contributed by atoms with Gasteiger partial charge in [-0.05, 0) is 31.9 Å². The summed E-state index contributed by atoms with van der Waals surface area (Å²) in [4.78, 5) is 11.8. The molecule has 3 nitrogen and oxygen atoms in total. The normalized spacial score (nSPS) is 18.6. The fourth-order valence-corrected chi connectivity index (χ4v) is 2.33. The van der Waals surface area contributed by atoms with Crippen LogP contribution in [0.5, 0.6) is 0 Å². The van der Waals surface area contributed by atoms with Gasteiger partial charge in [0.05, 0.1) is 6.26 Å². The zero-order valence-electron chi connectivity index (χ0n) is 9.74. The van der Waals surface area contributed by atoms with Crippen molar-refractivity contribution in [3.8, 4) is 0 Å². The minimum absolute atomic E-state index is 0.152. The lowest BCUT2D eigenvalue weighted by atomic mass is 10.1. The summed E-state index contributed by atoms with van der Waals surface area (Å²) in [5.41, 5.74) is 0. The molecule has 1 aliphatic carbocycles. The molecule has 1 aliphatic rings. The summed E-state index contributed by atoms with van der Waals surface area (Å²) < 4.78 is 5.26. The van der Waals surface area contributed by atoms with Crippen molar-refractivity contribution < 1.29 is 9.21 Å². The van der Waals surface area contributed by atoms with Crippen molar-refractivity contribution in [2.24, 2.45) is 5.92 Å². The Morgan fingerprint density at radius 1 is 1.56 bits per heavy atom. The van der Waals surface area contributed by atoms with Gasteiger partial charge in [-0.2, -0.15) is 0 Å². The second kappa shape index (κ2) is 5.19. The highest BCUT2D eigenvalue weighted by Crippen LogP contribution is 2.24. The van der Waals surface area contributed by atoms with Gasteiger partial charge < -0.3 is 9.73 Å². The number of carbonyl (C=O) groups is 1. The largest absolute Gasteiger partial charge is 0.469 e. The van der Waals surface area contributed by atoms with Gasteiger partial charge in [-0.3, -0.25) is 4.79 Å². The van der Waals surface area contributed by atoms with Crippen LogP contribution in [-0.2, 0) is 11.2 Å². The van der Waals surface area contributed by atoms with Crippen LogP contribution < -0.4 is 5.32 Å². The molecule has 3 heteroatoms. The molecule has 0 spiro atoms. The van der Waals surface area contributed by atoms with E-state index in [0.717, 1.165) is 25.0 Å². The molecular weight excluding hydrogens is 202 g/mol. The first-order valence-corrected chi connectivity index (χ1v) is 6.08. The number of rotatable bonds is 4. The second-order valence-corrected chi connectivity index (χ2v) is 4.67. The SMILES string of the molecule is CC(Cc1ccco1)NC(=O)C1CCCC1. The van der Waals surface area contributed by atoms with Crippen LogP contribution in [0.25, 0.3) is 0 Å². The molecule has 1 fully saturated rings. The molecule has 1 saturated carbocycles. The molecule has 1 N–H and O–H groups in total. The number of carbonyl (C=O) groups excluding carboxylic acids is 1. The Hall–Kier alpha value is -1.25. The molecule has 1 aromatic rings. The number of nitrogens with one attached hydrogen (secondary N) is 1. The second-order valence-electron chi connectivity index (χ2n) is 4.67. The van der Waals surface area contributed by atoms with Gasteiger partial charge >= 0.3 is 0 Å². The fraction of sp³-hybridized carbons (Fsp3) is 0.615. The van der Waals surface area contributed by atoms with Gasteiger partial charge in [-0.25, -0.2) is 0 Å². The lowest BCUT2D eigenvalue weighted by Crippen LogP contribution is -2.37. The third-order valence-corrected chi connectivity index (χ3v) is 3.20. The van der Waals surface area contributed by atoms with E-state index in [1.807, 2.05) is 19.1 Å². The molecule has 1 aromatic heterocycles. The van der Waals surface area contributed by atoms with E-state index in [-0.39, 0.29) is 17.9 Å². The van der Waals surface area contributed by atoms with Gasteiger partial charge in [0.2, 0.25) is 5.91 Å². The van der Waals surface area contributed by atoms with Gasteiger partial charge in [-0.1, -0.05) is 12.8 Å². The molecule has 0 aliphatic heterocycles. The summed E-state index contributed by atoms with van der Waals surface area (Å²) in [5.74, 6) is 1.40. The Labute approximate surface area is 96.2 Å². The zero-order chi connectivity index (χ0) is 11.4. The predicted octanol–water partition coefficient (Wildman–Crippen LogP) is 2.52. The maximum Gasteiger partial charge on any atom is 0.223 e.